The van der Waals surface area contributed by atoms with Gasteiger partial charge in [0.2, 0.25) is 0 Å². The maximum absolute atomic E-state index is 5.23. The molecular formula is C13H23N3OS. The second kappa shape index (κ2) is 7.19. The fraction of sp³-hybridized carbons (Fsp3) is 0.769. The normalized spacial score (nSPS) is 21.6. The van der Waals surface area contributed by atoms with Gasteiger partial charge in [0, 0.05) is 43.4 Å². The molecule has 1 saturated heterocycles. The lowest BCUT2D eigenvalue weighted by Crippen LogP contribution is -2.40. The summed E-state index contributed by atoms with van der Waals surface area (Å²) in [6, 6.07) is 1.06. The molecule has 1 aliphatic heterocycles. The zero-order valence-corrected chi connectivity index (χ0v) is 12.1. The van der Waals surface area contributed by atoms with Gasteiger partial charge in [0.15, 0.2) is 0 Å². The Labute approximate surface area is 113 Å². The molecule has 4 nitrogen and oxygen atoms in total. The summed E-state index contributed by atoms with van der Waals surface area (Å²) in [4.78, 5) is 8.02. The predicted octanol–water partition coefficient (Wildman–Crippen LogP) is 1.90. The Kier molecular flexibility index (Phi) is 5.56. The van der Waals surface area contributed by atoms with E-state index in [0.717, 1.165) is 26.2 Å². The first-order valence-corrected chi connectivity index (χ1v) is 7.54. The topological polar surface area (TPSA) is 37.4 Å². The molecule has 2 atom stereocenters. The summed E-state index contributed by atoms with van der Waals surface area (Å²) < 4.78 is 5.23. The first-order chi connectivity index (χ1) is 8.81. The van der Waals surface area contributed by atoms with Crippen LogP contribution in [0.3, 0.4) is 0 Å². The van der Waals surface area contributed by atoms with E-state index in [9.17, 15) is 0 Å². The Morgan fingerprint density at radius 3 is 3.17 bits per heavy atom. The van der Waals surface area contributed by atoms with Gasteiger partial charge in [-0.1, -0.05) is 0 Å². The van der Waals surface area contributed by atoms with Crippen molar-refractivity contribution in [2.75, 3.05) is 33.4 Å². The van der Waals surface area contributed by atoms with Crippen molar-refractivity contribution in [2.45, 2.75) is 31.8 Å². The molecule has 1 N–H and O–H groups in total. The van der Waals surface area contributed by atoms with Crippen molar-refractivity contribution in [2.24, 2.45) is 0 Å². The maximum atomic E-state index is 5.23. The molecule has 1 aliphatic rings. The summed E-state index contributed by atoms with van der Waals surface area (Å²) >= 11 is 1.74. The molecule has 0 amide bonds. The number of nitrogens with one attached hydrogen (secondary N) is 1. The van der Waals surface area contributed by atoms with Gasteiger partial charge in [0.1, 0.15) is 0 Å². The molecule has 0 radical (unpaired) electrons. The molecule has 0 spiro atoms. The maximum Gasteiger partial charge on any atom is 0.0794 e. The fourth-order valence-corrected chi connectivity index (χ4v) is 3.17. The van der Waals surface area contributed by atoms with Gasteiger partial charge >= 0.3 is 0 Å². The Morgan fingerprint density at radius 1 is 1.67 bits per heavy atom. The molecule has 1 fully saturated rings. The third-order valence-electron chi connectivity index (χ3n) is 3.61. The number of hydrogen-bond donors (Lipinski definition) is 1. The van der Waals surface area contributed by atoms with E-state index >= 15 is 0 Å². The number of rotatable bonds is 7. The third kappa shape index (κ3) is 3.75. The van der Waals surface area contributed by atoms with Crippen LogP contribution in [0, 0.1) is 0 Å². The van der Waals surface area contributed by atoms with Crippen molar-refractivity contribution in [1.29, 1.82) is 0 Å². The van der Waals surface area contributed by atoms with Gasteiger partial charge in [-0.2, -0.15) is 0 Å². The van der Waals surface area contributed by atoms with Gasteiger partial charge in [0.25, 0.3) is 0 Å². The summed E-state index contributed by atoms with van der Waals surface area (Å²) in [5.74, 6) is 0. The average molecular weight is 269 g/mol. The van der Waals surface area contributed by atoms with Crippen LogP contribution in [0.25, 0.3) is 0 Å². The van der Waals surface area contributed by atoms with E-state index in [-0.39, 0.29) is 0 Å². The van der Waals surface area contributed by atoms with Crippen LogP contribution < -0.4 is 5.32 Å². The number of hydrogen-bond acceptors (Lipinski definition) is 5. The molecule has 1 aromatic rings. The molecule has 18 heavy (non-hydrogen) atoms. The smallest absolute Gasteiger partial charge is 0.0794 e. The second-order valence-corrected chi connectivity index (χ2v) is 5.78. The van der Waals surface area contributed by atoms with Crippen molar-refractivity contribution in [1.82, 2.24) is 15.2 Å². The largest absolute Gasteiger partial charge is 0.383 e. The first kappa shape index (κ1) is 13.9. The van der Waals surface area contributed by atoms with E-state index in [1.54, 1.807) is 18.4 Å². The summed E-state index contributed by atoms with van der Waals surface area (Å²) in [5.41, 5.74) is 1.91. The molecule has 102 valence electrons. The van der Waals surface area contributed by atoms with Crippen molar-refractivity contribution >= 4 is 11.3 Å². The average Bonchev–Trinajstić information content (AvgIpc) is 3.06. The second-order valence-electron chi connectivity index (χ2n) is 4.86. The zero-order valence-electron chi connectivity index (χ0n) is 11.3. The number of aromatic nitrogens is 1. The highest BCUT2D eigenvalue weighted by molar-refractivity contribution is 7.09. The van der Waals surface area contributed by atoms with Crippen LogP contribution >= 0.6 is 11.3 Å². The first-order valence-electron chi connectivity index (χ1n) is 6.66. The highest BCUT2D eigenvalue weighted by atomic mass is 32.1. The Balaban J connectivity index is 1.94. The highest BCUT2D eigenvalue weighted by Gasteiger charge is 2.22. The zero-order chi connectivity index (χ0) is 12.8. The Morgan fingerprint density at radius 2 is 2.56 bits per heavy atom. The van der Waals surface area contributed by atoms with Crippen molar-refractivity contribution in [3.05, 3.63) is 16.6 Å². The highest BCUT2D eigenvalue weighted by Crippen LogP contribution is 2.24. The Hall–Kier alpha value is -0.490. The van der Waals surface area contributed by atoms with Crippen LogP contribution in [0.5, 0.6) is 0 Å². The van der Waals surface area contributed by atoms with Crippen molar-refractivity contribution in [3.63, 3.8) is 0 Å². The molecule has 2 heterocycles. The van der Waals surface area contributed by atoms with E-state index in [4.69, 9.17) is 4.74 Å². The van der Waals surface area contributed by atoms with Crippen LogP contribution in [-0.4, -0.2) is 49.3 Å². The molecule has 0 aliphatic carbocycles. The van der Waals surface area contributed by atoms with Crippen molar-refractivity contribution < 1.29 is 4.74 Å². The van der Waals surface area contributed by atoms with Crippen LogP contribution in [-0.2, 0) is 4.74 Å². The lowest BCUT2D eigenvalue weighted by atomic mass is 10.1. The molecule has 5 heteroatoms. The van der Waals surface area contributed by atoms with Crippen LogP contribution in [0.1, 0.15) is 30.7 Å². The number of thiazole rings is 1. The van der Waals surface area contributed by atoms with Crippen LogP contribution in [0.2, 0.25) is 0 Å². The summed E-state index contributed by atoms with van der Waals surface area (Å²) in [7, 11) is 1.77. The van der Waals surface area contributed by atoms with Crippen LogP contribution in [0.15, 0.2) is 11.7 Å². The minimum absolute atomic E-state index is 0.426. The molecule has 0 bridgehead atoms. The van der Waals surface area contributed by atoms with Gasteiger partial charge in [-0.05, 0) is 26.3 Å². The van der Waals surface area contributed by atoms with Gasteiger partial charge in [-0.15, -0.1) is 11.3 Å². The molecule has 2 rings (SSSR count). The van der Waals surface area contributed by atoms with Gasteiger partial charge in [-0.25, -0.2) is 0 Å². The van der Waals surface area contributed by atoms with E-state index in [2.05, 4.69) is 22.1 Å². The SMILES string of the molecule is COCCN(CC1CCCN1)C(C)c1cncs1. The van der Waals surface area contributed by atoms with E-state index in [1.807, 2.05) is 11.7 Å². The summed E-state index contributed by atoms with van der Waals surface area (Å²) in [6.07, 6.45) is 4.58. The number of ether oxygens (including phenoxy) is 1. The summed E-state index contributed by atoms with van der Waals surface area (Å²) in [5, 5.41) is 3.57. The predicted molar refractivity (Wildman–Crippen MR) is 75.0 cm³/mol. The lowest BCUT2D eigenvalue weighted by Gasteiger charge is -2.30. The molecule has 1 aromatic heterocycles. The lowest BCUT2D eigenvalue weighted by molar-refractivity contribution is 0.119. The minimum atomic E-state index is 0.426. The van der Waals surface area contributed by atoms with Crippen LogP contribution in [0.4, 0.5) is 0 Å². The van der Waals surface area contributed by atoms with Gasteiger partial charge < -0.3 is 10.1 Å². The minimum Gasteiger partial charge on any atom is -0.383 e. The van der Waals surface area contributed by atoms with Gasteiger partial charge in [0.05, 0.1) is 12.1 Å². The number of methoxy groups -OCH3 is 1. The fourth-order valence-electron chi connectivity index (χ4n) is 2.46. The molecule has 0 saturated carbocycles. The standard InChI is InChI=1S/C13H23N3OS/c1-11(13-8-14-10-18-13)16(6-7-17-2)9-12-4-3-5-15-12/h8,10-12,15H,3-7,9H2,1-2H3. The molecule has 0 aromatic carbocycles. The molecule has 2 unspecified atom stereocenters. The summed E-state index contributed by atoms with van der Waals surface area (Å²) in [6.45, 7) is 6.29. The van der Waals surface area contributed by atoms with Gasteiger partial charge in [-0.3, -0.25) is 9.88 Å². The third-order valence-corrected chi connectivity index (χ3v) is 4.56. The quantitative estimate of drug-likeness (QED) is 0.820. The Bertz CT molecular complexity index is 325. The van der Waals surface area contributed by atoms with E-state index in [1.165, 1.54) is 17.7 Å². The monoisotopic (exact) mass is 269 g/mol. The number of nitrogens with zero attached hydrogens (tertiary/aromatic N) is 2. The van der Waals surface area contributed by atoms with Crippen molar-refractivity contribution in [3.8, 4) is 0 Å². The van der Waals surface area contributed by atoms with E-state index < -0.39 is 0 Å². The molecular weight excluding hydrogens is 246 g/mol. The van der Waals surface area contributed by atoms with E-state index in [0.29, 0.717) is 12.1 Å².